The van der Waals surface area contributed by atoms with Gasteiger partial charge < -0.3 is 4.74 Å². The highest BCUT2D eigenvalue weighted by Gasteiger charge is 2.36. The lowest BCUT2D eigenvalue weighted by Gasteiger charge is -2.22. The van der Waals surface area contributed by atoms with Crippen LogP contribution in [-0.2, 0) is 14.6 Å². The Morgan fingerprint density at radius 3 is 2.56 bits per heavy atom. The Hall–Kier alpha value is -0.130. The zero-order chi connectivity index (χ0) is 13.8. The van der Waals surface area contributed by atoms with Crippen LogP contribution >= 0.6 is 0 Å². The van der Waals surface area contributed by atoms with Gasteiger partial charge in [0.25, 0.3) is 0 Å². The minimum Gasteiger partial charge on any atom is -0.380 e. The van der Waals surface area contributed by atoms with E-state index in [9.17, 15) is 8.42 Å². The molecule has 0 aliphatic carbocycles. The van der Waals surface area contributed by atoms with Crippen molar-refractivity contribution in [2.45, 2.75) is 38.9 Å². The van der Waals surface area contributed by atoms with Crippen molar-refractivity contribution >= 4 is 9.84 Å². The number of rotatable bonds is 5. The van der Waals surface area contributed by atoms with Gasteiger partial charge in [-0.2, -0.15) is 0 Å². The summed E-state index contributed by atoms with van der Waals surface area (Å²) in [5.74, 6) is 0.818. The first kappa shape index (κ1) is 15.9. The van der Waals surface area contributed by atoms with Gasteiger partial charge in [-0.25, -0.2) is 8.42 Å². The van der Waals surface area contributed by atoms with Gasteiger partial charge in [0.2, 0.25) is 0 Å². The highest BCUT2D eigenvalue weighted by atomic mass is 32.2. The minimum atomic E-state index is -2.96. The van der Waals surface area contributed by atoms with Crippen molar-refractivity contribution in [2.75, 3.05) is 38.6 Å². The molecule has 0 amide bonds. The van der Waals surface area contributed by atoms with E-state index >= 15 is 0 Å². The summed E-state index contributed by atoms with van der Waals surface area (Å²) in [6, 6.07) is 0. The lowest BCUT2D eigenvalue weighted by Crippen LogP contribution is -2.33. The summed E-state index contributed by atoms with van der Waals surface area (Å²) < 4.78 is 29.0. The first-order valence-electron chi connectivity index (χ1n) is 6.77. The van der Waals surface area contributed by atoms with Crippen LogP contribution in [0.2, 0.25) is 0 Å². The van der Waals surface area contributed by atoms with E-state index in [-0.39, 0.29) is 5.75 Å². The number of sulfone groups is 1. The summed E-state index contributed by atoms with van der Waals surface area (Å²) >= 11 is 0. The Labute approximate surface area is 112 Å². The molecule has 108 valence electrons. The Morgan fingerprint density at radius 2 is 1.94 bits per heavy atom. The topological polar surface area (TPSA) is 46.6 Å². The van der Waals surface area contributed by atoms with Crippen molar-refractivity contribution in [3.63, 3.8) is 0 Å². The van der Waals surface area contributed by atoms with Crippen LogP contribution in [0, 0.1) is 5.92 Å². The van der Waals surface area contributed by atoms with Crippen LogP contribution in [0.15, 0.2) is 0 Å². The van der Waals surface area contributed by atoms with Crippen molar-refractivity contribution in [3.8, 4) is 0 Å². The van der Waals surface area contributed by atoms with Crippen LogP contribution in [0.1, 0.15) is 34.1 Å². The monoisotopic (exact) mass is 277 g/mol. The molecule has 0 radical (unpaired) electrons. The predicted molar refractivity (Wildman–Crippen MR) is 74.6 cm³/mol. The third-order valence-corrected chi connectivity index (χ3v) is 6.16. The molecule has 1 saturated heterocycles. The van der Waals surface area contributed by atoms with Gasteiger partial charge in [0.15, 0.2) is 9.84 Å². The number of hydrogen-bond acceptors (Lipinski definition) is 4. The van der Waals surface area contributed by atoms with Crippen molar-refractivity contribution in [2.24, 2.45) is 5.92 Å². The Balaban J connectivity index is 2.39. The molecule has 0 spiro atoms. The molecule has 1 heterocycles. The van der Waals surface area contributed by atoms with Crippen molar-refractivity contribution in [1.29, 1.82) is 0 Å². The summed E-state index contributed by atoms with van der Waals surface area (Å²) in [4.78, 5) is 2.20. The van der Waals surface area contributed by atoms with Gasteiger partial charge in [0.1, 0.15) is 0 Å². The van der Waals surface area contributed by atoms with E-state index in [2.05, 4.69) is 18.7 Å². The molecule has 0 N–H and O–H groups in total. The molecule has 0 aromatic carbocycles. The predicted octanol–water partition coefficient (Wildman–Crippen LogP) is 1.56. The molecule has 0 aromatic rings. The molecule has 1 rings (SSSR count). The maximum absolute atomic E-state index is 12.0. The van der Waals surface area contributed by atoms with E-state index in [4.69, 9.17) is 4.74 Å². The molecule has 0 unspecified atom stereocenters. The zero-order valence-electron chi connectivity index (χ0n) is 12.1. The van der Waals surface area contributed by atoms with Gasteiger partial charge in [-0.1, -0.05) is 13.8 Å². The van der Waals surface area contributed by atoms with Crippen molar-refractivity contribution in [3.05, 3.63) is 0 Å². The van der Waals surface area contributed by atoms with Crippen molar-refractivity contribution in [1.82, 2.24) is 4.90 Å². The molecule has 0 aromatic heterocycles. The standard InChI is InChI=1S/C13H27NO3S/c1-12(2)11-17-9-7-14-6-5-13(3,4)18(15,16)10-8-14/h12H,5-11H2,1-4H3. The molecule has 18 heavy (non-hydrogen) atoms. The molecule has 1 fully saturated rings. The van der Waals surface area contributed by atoms with E-state index in [1.165, 1.54) is 0 Å². The van der Waals surface area contributed by atoms with E-state index in [1.807, 2.05) is 13.8 Å². The second-order valence-corrected chi connectivity index (χ2v) is 8.88. The molecular formula is C13H27NO3S. The second-order valence-electron chi connectivity index (χ2n) is 6.14. The van der Waals surface area contributed by atoms with Crippen molar-refractivity contribution < 1.29 is 13.2 Å². The highest BCUT2D eigenvalue weighted by Crippen LogP contribution is 2.24. The number of hydrogen-bond donors (Lipinski definition) is 0. The second kappa shape index (κ2) is 6.35. The average Bonchev–Trinajstić information content (AvgIpc) is 2.34. The third kappa shape index (κ3) is 4.52. The van der Waals surface area contributed by atoms with E-state index in [0.29, 0.717) is 25.5 Å². The first-order valence-corrected chi connectivity index (χ1v) is 8.42. The Bertz CT molecular complexity index is 349. The summed E-state index contributed by atoms with van der Waals surface area (Å²) in [7, 11) is -2.96. The fourth-order valence-corrected chi connectivity index (χ4v) is 3.41. The molecule has 5 heteroatoms. The largest absolute Gasteiger partial charge is 0.380 e. The van der Waals surface area contributed by atoms with Gasteiger partial charge in [-0.05, 0) is 32.7 Å². The molecular weight excluding hydrogens is 250 g/mol. The van der Waals surface area contributed by atoms with Gasteiger partial charge in [-0.15, -0.1) is 0 Å². The van der Waals surface area contributed by atoms with Gasteiger partial charge in [-0.3, -0.25) is 4.90 Å². The van der Waals surface area contributed by atoms with Crippen LogP contribution in [0.25, 0.3) is 0 Å². The van der Waals surface area contributed by atoms with Crippen LogP contribution in [0.5, 0.6) is 0 Å². The molecule has 1 aliphatic rings. The Kier molecular flexibility index (Phi) is 5.62. The summed E-state index contributed by atoms with van der Waals surface area (Å²) in [5, 5.41) is 0. The minimum absolute atomic E-state index is 0.268. The van der Waals surface area contributed by atoms with E-state index in [0.717, 1.165) is 19.7 Å². The molecule has 0 saturated carbocycles. The first-order chi connectivity index (χ1) is 8.24. The summed E-state index contributed by atoms with van der Waals surface area (Å²) in [6.45, 7) is 11.7. The van der Waals surface area contributed by atoms with E-state index < -0.39 is 14.6 Å². The molecule has 1 aliphatic heterocycles. The lowest BCUT2D eigenvalue weighted by molar-refractivity contribution is 0.0867. The maximum atomic E-state index is 12.0. The normalized spacial score (nSPS) is 24.1. The number of nitrogens with zero attached hydrogens (tertiary/aromatic N) is 1. The maximum Gasteiger partial charge on any atom is 0.156 e. The average molecular weight is 277 g/mol. The molecule has 0 bridgehead atoms. The quantitative estimate of drug-likeness (QED) is 0.716. The number of ether oxygens (including phenoxy) is 1. The smallest absolute Gasteiger partial charge is 0.156 e. The summed E-state index contributed by atoms with van der Waals surface area (Å²) in [6.07, 6.45) is 0.708. The van der Waals surface area contributed by atoms with Crippen LogP contribution in [0.4, 0.5) is 0 Å². The summed E-state index contributed by atoms with van der Waals surface area (Å²) in [5.41, 5.74) is 0. The van der Waals surface area contributed by atoms with Gasteiger partial charge in [0, 0.05) is 19.7 Å². The SMILES string of the molecule is CC(C)COCCN1CCC(C)(C)S(=O)(=O)CC1. The molecule has 4 nitrogen and oxygen atoms in total. The highest BCUT2D eigenvalue weighted by molar-refractivity contribution is 7.92. The Morgan fingerprint density at radius 1 is 1.28 bits per heavy atom. The fraction of sp³-hybridized carbons (Fsp3) is 1.00. The van der Waals surface area contributed by atoms with Crippen LogP contribution < -0.4 is 0 Å². The van der Waals surface area contributed by atoms with Crippen LogP contribution in [0.3, 0.4) is 0 Å². The lowest BCUT2D eigenvalue weighted by atomic mass is 10.1. The third-order valence-electron chi connectivity index (χ3n) is 3.55. The zero-order valence-corrected chi connectivity index (χ0v) is 12.9. The fourth-order valence-electron chi connectivity index (χ4n) is 1.96. The van der Waals surface area contributed by atoms with Gasteiger partial charge >= 0.3 is 0 Å². The van der Waals surface area contributed by atoms with E-state index in [1.54, 1.807) is 0 Å². The van der Waals surface area contributed by atoms with Crippen LogP contribution in [-0.4, -0.2) is 56.7 Å². The molecule has 0 atom stereocenters. The van der Waals surface area contributed by atoms with Gasteiger partial charge in [0.05, 0.1) is 17.1 Å².